The third-order valence-corrected chi connectivity index (χ3v) is 3.81. The molecule has 0 aliphatic heterocycles. The molecule has 0 fully saturated rings. The van der Waals surface area contributed by atoms with Crippen molar-refractivity contribution in [2.75, 3.05) is 12.3 Å². The number of rotatable bonds is 5. The topological polar surface area (TPSA) is 70.1 Å². The Bertz CT molecular complexity index is 889. The van der Waals surface area contributed by atoms with E-state index in [0.29, 0.717) is 18.2 Å². The minimum absolute atomic E-state index is 0.0733. The van der Waals surface area contributed by atoms with Gasteiger partial charge < -0.3 is 15.0 Å². The number of hydrogen-bond acceptors (Lipinski definition) is 4. The van der Waals surface area contributed by atoms with Crippen molar-refractivity contribution in [2.24, 2.45) is 7.05 Å². The van der Waals surface area contributed by atoms with Crippen LogP contribution < -0.4 is 16.0 Å². The molecule has 0 bridgehead atoms. The van der Waals surface area contributed by atoms with Gasteiger partial charge in [-0.05, 0) is 23.3 Å². The quantitative estimate of drug-likeness (QED) is 0.784. The average molecular weight is 321 g/mol. The molecule has 2 heterocycles. The average Bonchev–Trinajstić information content (AvgIpc) is 2.60. The van der Waals surface area contributed by atoms with Crippen LogP contribution in [-0.2, 0) is 13.5 Å². The van der Waals surface area contributed by atoms with E-state index in [2.05, 4.69) is 17.1 Å². The Morgan fingerprint density at radius 1 is 1.12 bits per heavy atom. The van der Waals surface area contributed by atoms with Crippen LogP contribution in [0, 0.1) is 0 Å². The number of hydrogen-bond donors (Lipinski definition) is 1. The van der Waals surface area contributed by atoms with Crippen molar-refractivity contribution in [1.29, 1.82) is 0 Å². The molecule has 2 N–H and O–H groups in total. The van der Waals surface area contributed by atoms with E-state index in [4.69, 9.17) is 10.5 Å². The monoisotopic (exact) mass is 321 g/mol. The van der Waals surface area contributed by atoms with Gasteiger partial charge in [0, 0.05) is 37.5 Å². The number of ether oxygens (including phenoxy) is 1. The van der Waals surface area contributed by atoms with Gasteiger partial charge in [0.15, 0.2) is 11.6 Å². The lowest BCUT2D eigenvalue weighted by molar-refractivity contribution is 0.323. The highest BCUT2D eigenvalue weighted by Crippen LogP contribution is 2.26. The summed E-state index contributed by atoms with van der Waals surface area (Å²) in [6.45, 7) is 0.510. The van der Waals surface area contributed by atoms with E-state index in [9.17, 15) is 4.79 Å². The summed E-state index contributed by atoms with van der Waals surface area (Å²) in [5, 5.41) is 0. The molecule has 3 rings (SSSR count). The standard InChI is InChI=1S/C19H19N3O2/c1-22-9-7-15(12-18(22)23)16-11-17(19(20)21-13-16)24-10-8-14-5-3-2-4-6-14/h2-7,9,11-13H,8,10H2,1H3,(H2,20,21). The van der Waals surface area contributed by atoms with E-state index in [1.807, 2.05) is 30.3 Å². The van der Waals surface area contributed by atoms with Gasteiger partial charge >= 0.3 is 0 Å². The van der Waals surface area contributed by atoms with E-state index >= 15 is 0 Å². The Labute approximate surface area is 140 Å². The highest BCUT2D eigenvalue weighted by atomic mass is 16.5. The number of nitrogen functional groups attached to an aromatic ring is 1. The van der Waals surface area contributed by atoms with Gasteiger partial charge in [-0.1, -0.05) is 30.3 Å². The first kappa shape index (κ1) is 15.8. The highest BCUT2D eigenvalue weighted by molar-refractivity contribution is 5.66. The maximum atomic E-state index is 11.8. The first-order valence-corrected chi connectivity index (χ1v) is 7.73. The summed E-state index contributed by atoms with van der Waals surface area (Å²) in [5.41, 5.74) is 8.62. The van der Waals surface area contributed by atoms with Gasteiger partial charge in [-0.2, -0.15) is 0 Å². The molecule has 0 aliphatic carbocycles. The molecule has 2 aromatic heterocycles. The number of pyridine rings is 2. The summed E-state index contributed by atoms with van der Waals surface area (Å²) < 4.78 is 7.31. The number of nitrogens with two attached hydrogens (primary N) is 1. The van der Waals surface area contributed by atoms with Crippen LogP contribution in [0.1, 0.15) is 5.56 Å². The largest absolute Gasteiger partial charge is 0.489 e. The molecule has 24 heavy (non-hydrogen) atoms. The van der Waals surface area contributed by atoms with Crippen LogP contribution in [-0.4, -0.2) is 16.2 Å². The fraction of sp³-hybridized carbons (Fsp3) is 0.158. The van der Waals surface area contributed by atoms with Crippen molar-refractivity contribution in [3.05, 3.63) is 76.8 Å². The van der Waals surface area contributed by atoms with Crippen LogP contribution >= 0.6 is 0 Å². The molecular weight excluding hydrogens is 302 g/mol. The molecule has 0 aliphatic rings. The minimum Gasteiger partial charge on any atom is -0.489 e. The number of nitrogens with zero attached hydrogens (tertiary/aromatic N) is 2. The number of anilines is 1. The molecule has 1 aromatic carbocycles. The second-order valence-corrected chi connectivity index (χ2v) is 5.56. The van der Waals surface area contributed by atoms with Gasteiger partial charge in [-0.25, -0.2) is 4.98 Å². The SMILES string of the molecule is Cn1ccc(-c2cnc(N)c(OCCc3ccccc3)c2)cc1=O. The van der Waals surface area contributed by atoms with Crippen LogP contribution in [0.15, 0.2) is 65.7 Å². The summed E-state index contributed by atoms with van der Waals surface area (Å²) in [6, 6.07) is 15.4. The fourth-order valence-corrected chi connectivity index (χ4v) is 2.38. The molecule has 0 unspecified atom stereocenters. The Morgan fingerprint density at radius 2 is 1.92 bits per heavy atom. The van der Waals surface area contributed by atoms with Crippen molar-refractivity contribution >= 4 is 5.82 Å². The van der Waals surface area contributed by atoms with E-state index in [1.54, 1.807) is 25.5 Å². The summed E-state index contributed by atoms with van der Waals surface area (Å²) in [5.74, 6) is 0.875. The normalized spacial score (nSPS) is 10.5. The molecule has 5 heteroatoms. The lowest BCUT2D eigenvalue weighted by atomic mass is 10.1. The summed E-state index contributed by atoms with van der Waals surface area (Å²) in [4.78, 5) is 16.0. The summed E-state index contributed by atoms with van der Waals surface area (Å²) in [7, 11) is 1.71. The molecule has 0 spiro atoms. The predicted molar refractivity (Wildman–Crippen MR) is 95.0 cm³/mol. The molecule has 0 radical (unpaired) electrons. The van der Waals surface area contributed by atoms with Gasteiger partial charge in [-0.15, -0.1) is 0 Å². The van der Waals surface area contributed by atoms with Crippen LogP contribution in [0.25, 0.3) is 11.1 Å². The third-order valence-electron chi connectivity index (χ3n) is 3.81. The Balaban J connectivity index is 1.76. The van der Waals surface area contributed by atoms with Gasteiger partial charge in [0.25, 0.3) is 5.56 Å². The third kappa shape index (κ3) is 3.63. The Morgan fingerprint density at radius 3 is 2.67 bits per heavy atom. The highest BCUT2D eigenvalue weighted by Gasteiger charge is 2.07. The van der Waals surface area contributed by atoms with E-state index < -0.39 is 0 Å². The zero-order chi connectivity index (χ0) is 16.9. The van der Waals surface area contributed by atoms with Crippen molar-refractivity contribution in [1.82, 2.24) is 9.55 Å². The van der Waals surface area contributed by atoms with Crippen LogP contribution in [0.4, 0.5) is 5.82 Å². The molecule has 0 atom stereocenters. The zero-order valence-electron chi connectivity index (χ0n) is 13.5. The first-order valence-electron chi connectivity index (χ1n) is 7.73. The zero-order valence-corrected chi connectivity index (χ0v) is 13.5. The second kappa shape index (κ2) is 7.00. The van der Waals surface area contributed by atoms with Gasteiger partial charge in [0.1, 0.15) is 0 Å². The van der Waals surface area contributed by atoms with Gasteiger partial charge in [0.05, 0.1) is 6.61 Å². The van der Waals surface area contributed by atoms with Crippen LogP contribution in [0.5, 0.6) is 5.75 Å². The van der Waals surface area contributed by atoms with E-state index in [-0.39, 0.29) is 5.56 Å². The molecule has 122 valence electrons. The lowest BCUT2D eigenvalue weighted by Crippen LogP contribution is -2.14. The molecule has 0 saturated heterocycles. The first-order chi connectivity index (χ1) is 11.6. The van der Waals surface area contributed by atoms with Gasteiger partial charge in [0.2, 0.25) is 0 Å². The van der Waals surface area contributed by atoms with Crippen molar-refractivity contribution < 1.29 is 4.74 Å². The maximum absolute atomic E-state index is 11.8. The van der Waals surface area contributed by atoms with Crippen molar-refractivity contribution in [3.8, 4) is 16.9 Å². The molecule has 3 aromatic rings. The molecule has 0 amide bonds. The maximum Gasteiger partial charge on any atom is 0.250 e. The minimum atomic E-state index is -0.0733. The lowest BCUT2D eigenvalue weighted by Gasteiger charge is -2.10. The van der Waals surface area contributed by atoms with E-state index in [0.717, 1.165) is 17.5 Å². The summed E-state index contributed by atoms with van der Waals surface area (Å²) >= 11 is 0. The number of aryl methyl sites for hydroxylation is 1. The smallest absolute Gasteiger partial charge is 0.250 e. The Hall–Kier alpha value is -3.08. The van der Waals surface area contributed by atoms with Gasteiger partial charge in [-0.3, -0.25) is 4.79 Å². The molecule has 0 saturated carbocycles. The predicted octanol–water partition coefficient (Wildman–Crippen LogP) is 2.65. The number of benzene rings is 1. The summed E-state index contributed by atoms with van der Waals surface area (Å²) in [6.07, 6.45) is 4.16. The van der Waals surface area contributed by atoms with Crippen LogP contribution in [0.3, 0.4) is 0 Å². The van der Waals surface area contributed by atoms with Crippen molar-refractivity contribution in [3.63, 3.8) is 0 Å². The van der Waals surface area contributed by atoms with Crippen molar-refractivity contribution in [2.45, 2.75) is 6.42 Å². The van der Waals surface area contributed by atoms with Crippen LogP contribution in [0.2, 0.25) is 0 Å². The second-order valence-electron chi connectivity index (χ2n) is 5.56. The molecular formula is C19H19N3O2. The fourth-order valence-electron chi connectivity index (χ4n) is 2.38. The Kier molecular flexibility index (Phi) is 4.61. The number of aromatic nitrogens is 2. The van der Waals surface area contributed by atoms with E-state index in [1.165, 1.54) is 10.1 Å². The molecule has 5 nitrogen and oxygen atoms in total.